The maximum atomic E-state index is 13.2. The van der Waals surface area contributed by atoms with Gasteiger partial charge in [0.1, 0.15) is 7.85 Å². The Morgan fingerprint density at radius 2 is 2.23 bits per heavy atom. The van der Waals surface area contributed by atoms with Crippen LogP contribution in [0.15, 0.2) is 18.2 Å². The highest BCUT2D eigenvalue weighted by atomic mass is 19.1. The zero-order valence-corrected chi connectivity index (χ0v) is 8.14. The molecule has 0 N–H and O–H groups in total. The van der Waals surface area contributed by atoms with Crippen LogP contribution in [0.25, 0.3) is 0 Å². The highest BCUT2D eigenvalue weighted by Gasteiger charge is 2.01. The van der Waals surface area contributed by atoms with E-state index in [1.54, 1.807) is 6.07 Å². The van der Waals surface area contributed by atoms with Crippen LogP contribution in [0.5, 0.6) is 5.75 Å². The summed E-state index contributed by atoms with van der Waals surface area (Å²) in [4.78, 5) is 0. The van der Waals surface area contributed by atoms with Gasteiger partial charge in [0, 0.05) is 0 Å². The third-order valence-electron chi connectivity index (χ3n) is 1.84. The Bertz CT molecular complexity index is 276. The summed E-state index contributed by atoms with van der Waals surface area (Å²) in [6.45, 7) is 2.67. The number of hydrogen-bond acceptors (Lipinski definition) is 1. The summed E-state index contributed by atoms with van der Waals surface area (Å²) < 4.78 is 18.4. The molecule has 0 aromatic heterocycles. The average Bonchev–Trinajstić information content (AvgIpc) is 2.09. The molecular weight excluding hydrogens is 166 g/mol. The van der Waals surface area contributed by atoms with Gasteiger partial charge in [0.15, 0.2) is 11.6 Å². The number of benzene rings is 1. The van der Waals surface area contributed by atoms with Gasteiger partial charge in [-0.25, -0.2) is 4.39 Å². The Morgan fingerprint density at radius 1 is 1.46 bits per heavy atom. The second-order valence-corrected chi connectivity index (χ2v) is 3.14. The smallest absolute Gasteiger partial charge is 0.164 e. The van der Waals surface area contributed by atoms with Gasteiger partial charge in [-0.3, -0.25) is 0 Å². The lowest BCUT2D eigenvalue weighted by Crippen LogP contribution is -2.05. The molecule has 0 unspecified atom stereocenters. The van der Waals surface area contributed by atoms with Crippen LogP contribution >= 0.6 is 0 Å². The van der Waals surface area contributed by atoms with Crippen molar-refractivity contribution in [2.45, 2.75) is 19.8 Å². The lowest BCUT2D eigenvalue weighted by molar-refractivity contribution is 0.294. The largest absolute Gasteiger partial charge is 0.491 e. The highest BCUT2D eigenvalue weighted by Crippen LogP contribution is 2.14. The van der Waals surface area contributed by atoms with Crippen molar-refractivity contribution in [2.75, 3.05) is 6.61 Å². The first kappa shape index (κ1) is 10.1. The summed E-state index contributed by atoms with van der Waals surface area (Å²) in [6, 6.07) is 5.02. The molecule has 0 bridgehead atoms. The second-order valence-electron chi connectivity index (χ2n) is 3.14. The summed E-state index contributed by atoms with van der Waals surface area (Å²) in [5.74, 6) is 0.0927. The summed E-state index contributed by atoms with van der Waals surface area (Å²) in [5, 5.41) is 0. The van der Waals surface area contributed by atoms with Crippen molar-refractivity contribution >= 4 is 13.3 Å². The number of halogens is 1. The molecule has 0 radical (unpaired) electrons. The molecule has 0 aliphatic carbocycles. The Balaban J connectivity index is 2.56. The van der Waals surface area contributed by atoms with E-state index in [9.17, 15) is 4.39 Å². The lowest BCUT2D eigenvalue weighted by Gasteiger charge is -2.06. The SMILES string of the molecule is Bc1ccc(OCCCC)c(F)c1. The van der Waals surface area contributed by atoms with Gasteiger partial charge in [0.2, 0.25) is 0 Å². The zero-order valence-electron chi connectivity index (χ0n) is 8.14. The molecule has 3 heteroatoms. The third-order valence-corrected chi connectivity index (χ3v) is 1.84. The van der Waals surface area contributed by atoms with E-state index in [1.165, 1.54) is 6.07 Å². The van der Waals surface area contributed by atoms with E-state index in [2.05, 4.69) is 6.92 Å². The number of rotatable bonds is 4. The minimum atomic E-state index is -0.267. The van der Waals surface area contributed by atoms with Crippen molar-refractivity contribution in [3.8, 4) is 5.75 Å². The van der Waals surface area contributed by atoms with Gasteiger partial charge < -0.3 is 4.74 Å². The van der Waals surface area contributed by atoms with Gasteiger partial charge in [0.05, 0.1) is 6.61 Å². The fourth-order valence-corrected chi connectivity index (χ4v) is 1.05. The van der Waals surface area contributed by atoms with Crippen LogP contribution in [0.3, 0.4) is 0 Å². The van der Waals surface area contributed by atoms with Gasteiger partial charge in [0.25, 0.3) is 0 Å². The molecule has 0 fully saturated rings. The lowest BCUT2D eigenvalue weighted by atomic mass is 9.96. The van der Waals surface area contributed by atoms with Gasteiger partial charge in [-0.05, 0) is 18.6 Å². The molecule has 0 aliphatic rings. The molecule has 1 rings (SSSR count). The summed E-state index contributed by atoms with van der Waals surface area (Å²) in [7, 11) is 1.86. The molecule has 0 spiro atoms. The van der Waals surface area contributed by atoms with Crippen molar-refractivity contribution in [3.63, 3.8) is 0 Å². The van der Waals surface area contributed by atoms with Crippen molar-refractivity contribution in [3.05, 3.63) is 24.0 Å². The molecule has 0 saturated heterocycles. The first-order valence-electron chi connectivity index (χ1n) is 4.63. The number of unbranched alkanes of at least 4 members (excludes halogenated alkanes) is 1. The van der Waals surface area contributed by atoms with Gasteiger partial charge in [-0.15, -0.1) is 0 Å². The van der Waals surface area contributed by atoms with Crippen LogP contribution < -0.4 is 10.2 Å². The minimum Gasteiger partial charge on any atom is -0.491 e. The van der Waals surface area contributed by atoms with Crippen LogP contribution in [-0.4, -0.2) is 14.5 Å². The van der Waals surface area contributed by atoms with E-state index in [-0.39, 0.29) is 5.82 Å². The van der Waals surface area contributed by atoms with Crippen LogP contribution in [0.1, 0.15) is 19.8 Å². The molecule has 0 atom stereocenters. The number of hydrogen-bond donors (Lipinski definition) is 0. The maximum absolute atomic E-state index is 13.2. The Hall–Kier alpha value is -0.985. The molecule has 1 aromatic carbocycles. The van der Waals surface area contributed by atoms with E-state index in [0.29, 0.717) is 12.4 Å². The summed E-state index contributed by atoms with van der Waals surface area (Å²) >= 11 is 0. The molecule has 1 aromatic rings. The second kappa shape index (κ2) is 4.90. The fourth-order valence-electron chi connectivity index (χ4n) is 1.05. The third kappa shape index (κ3) is 3.09. The predicted octanol–water partition coefficient (Wildman–Crippen LogP) is 1.26. The highest BCUT2D eigenvalue weighted by molar-refractivity contribution is 6.32. The molecule has 0 saturated carbocycles. The Kier molecular flexibility index (Phi) is 3.81. The summed E-state index contributed by atoms with van der Waals surface area (Å²) in [6.07, 6.45) is 2.03. The van der Waals surface area contributed by atoms with Crippen molar-refractivity contribution in [1.29, 1.82) is 0 Å². The van der Waals surface area contributed by atoms with Crippen LogP contribution in [0.2, 0.25) is 0 Å². The molecule has 70 valence electrons. The first-order chi connectivity index (χ1) is 6.24. The Morgan fingerprint density at radius 3 is 2.85 bits per heavy atom. The standard InChI is InChI=1S/C10H14BFO/c1-2-3-6-13-10-5-4-8(11)7-9(10)12/h4-5,7H,2-3,6,11H2,1H3. The van der Waals surface area contributed by atoms with Gasteiger partial charge in [-0.1, -0.05) is 24.9 Å². The van der Waals surface area contributed by atoms with Crippen LogP contribution in [0, 0.1) is 5.82 Å². The van der Waals surface area contributed by atoms with Crippen LogP contribution in [-0.2, 0) is 0 Å². The van der Waals surface area contributed by atoms with Crippen LogP contribution in [0.4, 0.5) is 4.39 Å². The zero-order chi connectivity index (χ0) is 9.68. The van der Waals surface area contributed by atoms with Crippen molar-refractivity contribution in [1.82, 2.24) is 0 Å². The predicted molar refractivity (Wildman–Crippen MR) is 55.0 cm³/mol. The minimum absolute atomic E-state index is 0.267. The van der Waals surface area contributed by atoms with Crippen molar-refractivity contribution < 1.29 is 9.13 Å². The molecule has 0 heterocycles. The fraction of sp³-hybridized carbons (Fsp3) is 0.400. The van der Waals surface area contributed by atoms with E-state index in [4.69, 9.17) is 4.74 Å². The average molecular weight is 180 g/mol. The van der Waals surface area contributed by atoms with Crippen molar-refractivity contribution in [2.24, 2.45) is 0 Å². The monoisotopic (exact) mass is 180 g/mol. The summed E-state index contributed by atoms with van der Waals surface area (Å²) in [5.41, 5.74) is 0.917. The quantitative estimate of drug-likeness (QED) is 0.500. The van der Waals surface area contributed by atoms with Gasteiger partial charge >= 0.3 is 0 Å². The number of ether oxygens (including phenoxy) is 1. The normalized spacial score (nSPS) is 10.0. The van der Waals surface area contributed by atoms with E-state index < -0.39 is 0 Å². The molecular formula is C10H14BFO. The van der Waals surface area contributed by atoms with Gasteiger partial charge in [-0.2, -0.15) is 0 Å². The maximum Gasteiger partial charge on any atom is 0.164 e. The first-order valence-corrected chi connectivity index (χ1v) is 4.63. The Labute approximate surface area is 79.3 Å². The van der Waals surface area contributed by atoms with E-state index in [0.717, 1.165) is 18.3 Å². The topological polar surface area (TPSA) is 9.23 Å². The molecule has 1 nitrogen and oxygen atoms in total. The molecule has 0 amide bonds. The molecule has 13 heavy (non-hydrogen) atoms. The van der Waals surface area contributed by atoms with E-state index in [1.807, 2.05) is 13.9 Å². The molecule has 0 aliphatic heterocycles. The van der Waals surface area contributed by atoms with E-state index >= 15 is 0 Å².